The number of rotatable bonds is 9. The third kappa shape index (κ3) is 7.04. The zero-order chi connectivity index (χ0) is 26.9. The van der Waals surface area contributed by atoms with Gasteiger partial charge in [0, 0.05) is 6.07 Å². The van der Waals surface area contributed by atoms with Gasteiger partial charge in [0.2, 0.25) is 10.0 Å². The Hall–Kier alpha value is -2.59. The second-order valence-corrected chi connectivity index (χ2v) is 12.1. The average molecular weight is 539 g/mol. The molecule has 0 aromatic heterocycles. The van der Waals surface area contributed by atoms with Crippen molar-refractivity contribution >= 4 is 15.9 Å². The Morgan fingerprint density at radius 2 is 1.68 bits per heavy atom. The number of sulfonamides is 1. The Morgan fingerprint density at radius 3 is 2.22 bits per heavy atom. The van der Waals surface area contributed by atoms with Crippen LogP contribution >= 0.6 is 0 Å². The van der Waals surface area contributed by atoms with Crippen molar-refractivity contribution in [2.24, 2.45) is 5.92 Å². The maximum atomic E-state index is 14.7. The van der Waals surface area contributed by atoms with Crippen LogP contribution in [0.3, 0.4) is 0 Å². The topological polar surface area (TPSA) is 75.7 Å². The highest BCUT2D eigenvalue weighted by Crippen LogP contribution is 2.45. The number of likely N-dealkylation sites (tertiary alicyclic amines) is 1. The molecule has 1 aliphatic carbocycles. The average Bonchev–Trinajstić information content (AvgIpc) is 3.62. The lowest BCUT2D eigenvalue weighted by molar-refractivity contribution is 0.00313. The first kappa shape index (κ1) is 27.4. The summed E-state index contributed by atoms with van der Waals surface area (Å²) in [6.07, 6.45) is 1.42. The van der Waals surface area contributed by atoms with E-state index in [1.807, 2.05) is 36.9 Å². The molecule has 0 spiro atoms. The number of amides is 1. The first-order valence-corrected chi connectivity index (χ1v) is 14.4. The molecule has 2 aromatic rings. The number of nitrogens with one attached hydrogen (secondary N) is 1. The van der Waals surface area contributed by atoms with Gasteiger partial charge >= 0.3 is 0 Å². The minimum absolute atomic E-state index is 0.122. The van der Waals surface area contributed by atoms with E-state index in [4.69, 9.17) is 4.74 Å². The van der Waals surface area contributed by atoms with E-state index in [-0.39, 0.29) is 17.4 Å². The van der Waals surface area contributed by atoms with E-state index in [0.717, 1.165) is 36.3 Å². The fourth-order valence-corrected chi connectivity index (χ4v) is 5.56. The van der Waals surface area contributed by atoms with Crippen LogP contribution in [0.5, 0.6) is 5.75 Å². The van der Waals surface area contributed by atoms with Crippen LogP contribution in [0.15, 0.2) is 30.3 Å². The molecular formula is C27H33F3N2O4S. The molecule has 202 valence electrons. The van der Waals surface area contributed by atoms with Crippen molar-refractivity contribution in [3.63, 3.8) is 0 Å². The number of benzene rings is 2. The molecule has 0 bridgehead atoms. The van der Waals surface area contributed by atoms with Gasteiger partial charge in [-0.2, -0.15) is 0 Å². The minimum Gasteiger partial charge on any atom is -0.493 e. The molecule has 1 heterocycles. The standard InChI is InChI=1S/C27H33F3N2O4S/c1-16-10-17(2)12-20(11-16)25(26(29)30)32-8-6-18(7-9-32)15-36-24-14-23(28)22(13-21(24)19-4-5-19)27(33)31-37(3,34)35/h10-14,18-19,25-26H,4-9,15H2,1-3H3,(H,31,33)/t25-/m0/s1. The molecule has 2 fully saturated rings. The first-order chi connectivity index (χ1) is 17.4. The molecule has 0 radical (unpaired) electrons. The quantitative estimate of drug-likeness (QED) is 0.481. The largest absolute Gasteiger partial charge is 0.493 e. The molecule has 1 saturated carbocycles. The summed E-state index contributed by atoms with van der Waals surface area (Å²) < 4.78 is 73.5. The SMILES string of the molecule is Cc1cc(C)cc([C@@H](C(F)F)N2CCC(COc3cc(F)c(C(=O)NS(C)(=O)=O)cc3C3CC3)CC2)c1. The van der Waals surface area contributed by atoms with Crippen molar-refractivity contribution in [1.82, 2.24) is 9.62 Å². The van der Waals surface area contributed by atoms with Gasteiger partial charge in [0.05, 0.1) is 24.5 Å². The molecule has 1 aliphatic heterocycles. The van der Waals surface area contributed by atoms with Crippen LogP contribution in [-0.2, 0) is 10.0 Å². The number of halogens is 3. The van der Waals surface area contributed by atoms with E-state index in [1.54, 1.807) is 4.72 Å². The molecule has 6 nitrogen and oxygen atoms in total. The second kappa shape index (κ2) is 11.0. The third-order valence-electron chi connectivity index (χ3n) is 6.98. The number of aryl methyl sites for hydroxylation is 2. The number of piperidine rings is 1. The Kier molecular flexibility index (Phi) is 8.18. The van der Waals surface area contributed by atoms with Crippen molar-refractivity contribution in [1.29, 1.82) is 0 Å². The maximum absolute atomic E-state index is 14.7. The zero-order valence-corrected chi connectivity index (χ0v) is 22.1. The molecule has 1 amide bonds. The predicted octanol–water partition coefficient (Wildman–Crippen LogP) is 5.11. The van der Waals surface area contributed by atoms with E-state index in [1.165, 1.54) is 6.07 Å². The van der Waals surface area contributed by atoms with Crippen LogP contribution < -0.4 is 9.46 Å². The highest BCUT2D eigenvalue weighted by atomic mass is 32.2. The van der Waals surface area contributed by atoms with Crippen LogP contribution in [-0.4, -0.2) is 51.6 Å². The van der Waals surface area contributed by atoms with E-state index in [9.17, 15) is 26.4 Å². The fraction of sp³-hybridized carbons (Fsp3) is 0.519. The zero-order valence-electron chi connectivity index (χ0n) is 21.3. The van der Waals surface area contributed by atoms with Gasteiger partial charge in [0.1, 0.15) is 11.6 Å². The Bertz CT molecular complexity index is 1240. The molecule has 2 aliphatic rings. The van der Waals surface area contributed by atoms with Gasteiger partial charge in [0.15, 0.2) is 0 Å². The molecule has 1 N–H and O–H groups in total. The minimum atomic E-state index is -3.83. The molecule has 37 heavy (non-hydrogen) atoms. The molecule has 4 rings (SSSR count). The van der Waals surface area contributed by atoms with Crippen LogP contribution in [0.4, 0.5) is 13.2 Å². The van der Waals surface area contributed by atoms with Crippen molar-refractivity contribution in [2.75, 3.05) is 26.0 Å². The van der Waals surface area contributed by atoms with Gasteiger partial charge in [-0.15, -0.1) is 0 Å². The Balaban J connectivity index is 1.41. The number of nitrogens with zero attached hydrogens (tertiary/aromatic N) is 1. The normalized spacial score (nSPS) is 18.1. The lowest BCUT2D eigenvalue weighted by atomic mass is 9.93. The molecule has 10 heteroatoms. The van der Waals surface area contributed by atoms with Crippen molar-refractivity contribution in [3.05, 3.63) is 64.0 Å². The molecule has 1 atom stereocenters. The van der Waals surface area contributed by atoms with Crippen molar-refractivity contribution < 1.29 is 31.1 Å². The van der Waals surface area contributed by atoms with Crippen molar-refractivity contribution in [2.45, 2.75) is 57.9 Å². The number of carbonyl (C=O) groups excluding carboxylic acids is 1. The van der Waals surface area contributed by atoms with Gasteiger partial charge in [-0.3, -0.25) is 9.69 Å². The molecular weight excluding hydrogens is 505 g/mol. The number of hydrogen-bond donors (Lipinski definition) is 1. The van der Waals surface area contributed by atoms with Crippen molar-refractivity contribution in [3.8, 4) is 5.75 Å². The van der Waals surface area contributed by atoms with Crippen LogP contribution in [0.1, 0.15) is 70.3 Å². The predicted molar refractivity (Wildman–Crippen MR) is 135 cm³/mol. The van der Waals surface area contributed by atoms with Gasteiger partial charge in [0.25, 0.3) is 12.3 Å². The van der Waals surface area contributed by atoms with Gasteiger partial charge in [-0.1, -0.05) is 29.3 Å². The third-order valence-corrected chi connectivity index (χ3v) is 7.54. The Morgan fingerprint density at radius 1 is 1.05 bits per heavy atom. The Labute approximate surface area is 216 Å². The highest BCUT2D eigenvalue weighted by Gasteiger charge is 2.34. The second-order valence-electron chi connectivity index (χ2n) is 10.3. The highest BCUT2D eigenvalue weighted by molar-refractivity contribution is 7.89. The summed E-state index contributed by atoms with van der Waals surface area (Å²) in [4.78, 5) is 14.1. The van der Waals surface area contributed by atoms with E-state index >= 15 is 0 Å². The number of alkyl halides is 2. The van der Waals surface area contributed by atoms with E-state index in [2.05, 4.69) is 0 Å². The number of carbonyl (C=O) groups is 1. The summed E-state index contributed by atoms with van der Waals surface area (Å²) in [5.74, 6) is -1.27. The summed E-state index contributed by atoms with van der Waals surface area (Å²) in [6, 6.07) is 7.19. The monoisotopic (exact) mass is 538 g/mol. The first-order valence-electron chi connectivity index (χ1n) is 12.5. The maximum Gasteiger partial charge on any atom is 0.267 e. The summed E-state index contributed by atoms with van der Waals surface area (Å²) in [5, 5.41) is 0. The fourth-order valence-electron chi connectivity index (χ4n) is 5.11. The summed E-state index contributed by atoms with van der Waals surface area (Å²) in [7, 11) is -3.83. The van der Waals surface area contributed by atoms with Gasteiger partial charge in [-0.05, 0) is 81.6 Å². The van der Waals surface area contributed by atoms with Gasteiger partial charge in [-0.25, -0.2) is 26.3 Å². The molecule has 0 unspecified atom stereocenters. The smallest absolute Gasteiger partial charge is 0.267 e. The summed E-state index contributed by atoms with van der Waals surface area (Å²) >= 11 is 0. The molecule has 1 saturated heterocycles. The summed E-state index contributed by atoms with van der Waals surface area (Å²) in [5.41, 5.74) is 2.90. The number of ether oxygens (including phenoxy) is 1. The van der Waals surface area contributed by atoms with E-state index < -0.39 is 34.2 Å². The van der Waals surface area contributed by atoms with Crippen LogP contribution in [0.2, 0.25) is 0 Å². The van der Waals surface area contributed by atoms with E-state index in [0.29, 0.717) is 49.4 Å². The lowest BCUT2D eigenvalue weighted by Crippen LogP contribution is -2.40. The van der Waals surface area contributed by atoms with Gasteiger partial charge < -0.3 is 4.74 Å². The van der Waals surface area contributed by atoms with Crippen LogP contribution in [0.25, 0.3) is 0 Å². The molecule has 2 aromatic carbocycles. The summed E-state index contributed by atoms with van der Waals surface area (Å²) in [6.45, 7) is 5.14. The lowest BCUT2D eigenvalue weighted by Gasteiger charge is -2.37. The van der Waals surface area contributed by atoms with Crippen LogP contribution in [0, 0.1) is 25.6 Å². The number of hydrogen-bond acceptors (Lipinski definition) is 5.